The van der Waals surface area contributed by atoms with Gasteiger partial charge < -0.3 is 0 Å². The molecule has 0 N–H and O–H groups in total. The molecule has 0 saturated carbocycles. The van der Waals surface area contributed by atoms with Crippen molar-refractivity contribution in [3.63, 3.8) is 0 Å². The van der Waals surface area contributed by atoms with E-state index in [4.69, 9.17) is 0 Å². The lowest BCUT2D eigenvalue weighted by Crippen LogP contribution is -2.74. The maximum Gasteiger partial charge on any atom is 0.460 e. The lowest BCUT2D eigenvalue weighted by molar-refractivity contribution is -0.461. The van der Waals surface area contributed by atoms with Crippen molar-refractivity contribution in [3.05, 3.63) is 0 Å². The fraction of sp³-hybridized carbons (Fsp3) is 1.00. The highest BCUT2D eigenvalue weighted by Gasteiger charge is 2.95. The van der Waals surface area contributed by atoms with Crippen molar-refractivity contribution in [3.8, 4) is 0 Å². The Hall–Kier alpha value is -1.19. The molecule has 42 heavy (non-hydrogen) atoms. The second-order valence-corrected chi connectivity index (χ2v) is 10.3. The minimum absolute atomic E-state index is 0.0997. The largest absolute Gasteiger partial charge is 0.460 e. The third-order valence-electron chi connectivity index (χ3n) is 6.88. The van der Waals surface area contributed by atoms with Crippen LogP contribution in [0.3, 0.4) is 0 Å². The van der Waals surface area contributed by atoms with Gasteiger partial charge in [0.2, 0.25) is 0 Å². The van der Waals surface area contributed by atoms with E-state index in [0.29, 0.717) is 12.8 Å². The van der Waals surface area contributed by atoms with Crippen LogP contribution in [0.25, 0.3) is 0 Å². The SMILES string of the molecule is CCCCCCCCCCCCCCCCCC(F)(F)C(F)(F)C(F)(F)C(F)(F)C(F)(F)C(F)(F)C(F)(F)C(F)(F)F. The summed E-state index contributed by atoms with van der Waals surface area (Å²) in [4.78, 5) is 0. The number of halogens is 17. The lowest BCUT2D eigenvalue weighted by atomic mass is 9.87. The van der Waals surface area contributed by atoms with Crippen LogP contribution in [-0.4, -0.2) is 47.6 Å². The third kappa shape index (κ3) is 8.71. The Bertz CT molecular complexity index is 771. The normalized spacial score (nSPS) is 15.0. The summed E-state index contributed by atoms with van der Waals surface area (Å²) in [6, 6.07) is 0. The van der Waals surface area contributed by atoms with E-state index in [1.807, 2.05) is 0 Å². The molecule has 0 nitrogen and oxygen atoms in total. The molecule has 0 aromatic carbocycles. The van der Waals surface area contributed by atoms with Crippen LogP contribution in [0.15, 0.2) is 0 Å². The van der Waals surface area contributed by atoms with Crippen LogP contribution in [0.2, 0.25) is 0 Å². The van der Waals surface area contributed by atoms with Crippen molar-refractivity contribution in [1.29, 1.82) is 0 Å². The van der Waals surface area contributed by atoms with Gasteiger partial charge in [-0.15, -0.1) is 0 Å². The van der Waals surface area contributed by atoms with Crippen molar-refractivity contribution >= 4 is 0 Å². The van der Waals surface area contributed by atoms with Crippen molar-refractivity contribution in [2.45, 2.75) is 157 Å². The summed E-state index contributed by atoms with van der Waals surface area (Å²) in [6.45, 7) is 2.10. The molecule has 0 spiro atoms. The summed E-state index contributed by atoms with van der Waals surface area (Å²) in [5.74, 6) is -55.7. The molecule has 0 saturated heterocycles. The Morgan fingerprint density at radius 1 is 0.286 bits per heavy atom. The highest BCUT2D eigenvalue weighted by Crippen LogP contribution is 2.64. The summed E-state index contributed by atoms with van der Waals surface area (Å²) in [5, 5.41) is 0. The van der Waals surface area contributed by atoms with Gasteiger partial charge in [-0.25, -0.2) is 0 Å². The Kier molecular flexibility index (Phi) is 14.8. The Balaban J connectivity index is 5.02. The zero-order chi connectivity index (χ0) is 33.3. The zero-order valence-corrected chi connectivity index (χ0v) is 22.7. The molecule has 0 heterocycles. The summed E-state index contributed by atoms with van der Waals surface area (Å²) in [5.41, 5.74) is 0. The van der Waals surface area contributed by atoms with Crippen molar-refractivity contribution in [1.82, 2.24) is 0 Å². The first-order valence-electron chi connectivity index (χ1n) is 13.5. The first kappa shape index (κ1) is 40.8. The van der Waals surface area contributed by atoms with Crippen LogP contribution >= 0.6 is 0 Å². The number of alkyl halides is 17. The topological polar surface area (TPSA) is 0 Å². The van der Waals surface area contributed by atoms with Crippen molar-refractivity contribution in [2.24, 2.45) is 0 Å². The van der Waals surface area contributed by atoms with Gasteiger partial charge >= 0.3 is 47.6 Å². The quantitative estimate of drug-likeness (QED) is 0.0802. The Morgan fingerprint density at radius 2 is 0.524 bits per heavy atom. The Morgan fingerprint density at radius 3 is 0.810 bits per heavy atom. The molecule has 0 fully saturated rings. The van der Waals surface area contributed by atoms with E-state index in [9.17, 15) is 74.6 Å². The van der Waals surface area contributed by atoms with Gasteiger partial charge in [0.1, 0.15) is 0 Å². The lowest BCUT2D eigenvalue weighted by Gasteiger charge is -2.42. The number of unbranched alkanes of at least 4 members (excludes halogenated alkanes) is 14. The van der Waals surface area contributed by atoms with Gasteiger partial charge in [0, 0.05) is 6.42 Å². The molecule has 0 aromatic heterocycles. The van der Waals surface area contributed by atoms with E-state index in [1.54, 1.807) is 0 Å². The summed E-state index contributed by atoms with van der Waals surface area (Å²) < 4.78 is 226. The molecular formula is C25H35F17. The second-order valence-electron chi connectivity index (χ2n) is 10.3. The molecule has 254 valence electrons. The molecule has 0 bridgehead atoms. The van der Waals surface area contributed by atoms with Crippen molar-refractivity contribution < 1.29 is 74.6 Å². The van der Waals surface area contributed by atoms with E-state index in [1.165, 1.54) is 12.8 Å². The molecule has 0 aliphatic rings. The second kappa shape index (κ2) is 15.2. The average Bonchev–Trinajstić information content (AvgIpc) is 2.84. The van der Waals surface area contributed by atoms with E-state index >= 15 is 0 Å². The molecule has 0 aliphatic heterocycles. The van der Waals surface area contributed by atoms with Crippen LogP contribution < -0.4 is 0 Å². The molecule has 17 heteroatoms. The van der Waals surface area contributed by atoms with Crippen LogP contribution in [0.4, 0.5) is 74.6 Å². The maximum absolute atomic E-state index is 13.9. The molecular weight excluding hydrogens is 623 g/mol. The van der Waals surface area contributed by atoms with Gasteiger partial charge in [0.25, 0.3) is 0 Å². The molecule has 0 amide bonds. The zero-order valence-electron chi connectivity index (χ0n) is 22.7. The number of hydrogen-bond donors (Lipinski definition) is 0. The molecule has 0 atom stereocenters. The predicted octanol–water partition coefficient (Wildman–Crippen LogP) is 12.3. The van der Waals surface area contributed by atoms with Crippen LogP contribution in [0.5, 0.6) is 0 Å². The summed E-state index contributed by atoms with van der Waals surface area (Å²) in [7, 11) is 0. The summed E-state index contributed by atoms with van der Waals surface area (Å²) in [6.07, 6.45) is 0.0677. The van der Waals surface area contributed by atoms with Crippen molar-refractivity contribution in [2.75, 3.05) is 0 Å². The van der Waals surface area contributed by atoms with Crippen LogP contribution in [-0.2, 0) is 0 Å². The first-order chi connectivity index (χ1) is 18.8. The van der Waals surface area contributed by atoms with Gasteiger partial charge in [-0.1, -0.05) is 96.8 Å². The minimum atomic E-state index is -8.57. The van der Waals surface area contributed by atoms with Gasteiger partial charge in [0.05, 0.1) is 0 Å². The monoisotopic (exact) mass is 658 g/mol. The molecule has 0 unspecified atom stereocenters. The first-order valence-corrected chi connectivity index (χ1v) is 13.5. The summed E-state index contributed by atoms with van der Waals surface area (Å²) >= 11 is 0. The van der Waals surface area contributed by atoms with Crippen LogP contribution in [0.1, 0.15) is 110 Å². The van der Waals surface area contributed by atoms with E-state index in [0.717, 1.165) is 51.4 Å². The highest BCUT2D eigenvalue weighted by atomic mass is 19.4. The fourth-order valence-corrected chi connectivity index (χ4v) is 4.07. The van der Waals surface area contributed by atoms with Gasteiger partial charge in [-0.2, -0.15) is 74.6 Å². The van der Waals surface area contributed by atoms with E-state index < -0.39 is 60.5 Å². The molecule has 0 radical (unpaired) electrons. The standard InChI is InChI=1S/C25H35F17/c1-2-3-4-5-6-7-8-9-10-11-12-13-14-15-16-17-18(26,27)19(28,29)20(30,31)21(32,33)22(34,35)23(36,37)24(38,39)25(40,41)42/h2-17H2,1H3. The van der Waals surface area contributed by atoms with Gasteiger partial charge in [-0.3, -0.25) is 0 Å². The highest BCUT2D eigenvalue weighted by molar-refractivity contribution is 5.15. The third-order valence-corrected chi connectivity index (χ3v) is 6.88. The molecule has 0 rings (SSSR count). The Labute approximate surface area is 232 Å². The van der Waals surface area contributed by atoms with E-state index in [2.05, 4.69) is 6.92 Å². The van der Waals surface area contributed by atoms with Gasteiger partial charge in [0.15, 0.2) is 0 Å². The number of rotatable bonds is 22. The maximum atomic E-state index is 13.9. The van der Waals surface area contributed by atoms with E-state index in [-0.39, 0.29) is 12.8 Å². The predicted molar refractivity (Wildman–Crippen MR) is 120 cm³/mol. The average molecular weight is 659 g/mol. The molecule has 0 aromatic rings. The minimum Gasteiger partial charge on any atom is -0.200 e. The van der Waals surface area contributed by atoms with Gasteiger partial charge in [-0.05, 0) is 6.42 Å². The fourth-order valence-electron chi connectivity index (χ4n) is 4.07. The molecule has 0 aliphatic carbocycles. The van der Waals surface area contributed by atoms with Crippen LogP contribution in [0, 0.1) is 0 Å². The smallest absolute Gasteiger partial charge is 0.200 e. The number of hydrogen-bond acceptors (Lipinski definition) is 0.